The second kappa shape index (κ2) is 6.29. The third-order valence-electron chi connectivity index (χ3n) is 2.87. The molecule has 2 aromatic heterocycles. The number of fused-ring (bicyclic) bond motifs is 1. The average Bonchev–Trinajstić information content (AvgIpc) is 2.50. The van der Waals surface area contributed by atoms with E-state index in [4.69, 9.17) is 5.11 Å². The number of anilines is 3. The average molecular weight is 277 g/mol. The monoisotopic (exact) mass is 277 g/mol. The van der Waals surface area contributed by atoms with Crippen molar-refractivity contribution in [3.8, 4) is 0 Å². The van der Waals surface area contributed by atoms with Gasteiger partial charge in [0.05, 0.1) is 5.69 Å². The first-order chi connectivity index (χ1) is 9.73. The van der Waals surface area contributed by atoms with Crippen molar-refractivity contribution >= 4 is 28.7 Å². The molecule has 0 unspecified atom stereocenters. The van der Waals surface area contributed by atoms with Gasteiger partial charge >= 0.3 is 0 Å². The van der Waals surface area contributed by atoms with Gasteiger partial charge in [-0.3, -0.25) is 0 Å². The minimum Gasteiger partial charge on any atom is -0.396 e. The Balaban J connectivity index is 2.67. The fraction of sp³-hybridized carbons (Fsp3) is 0.500. The summed E-state index contributed by atoms with van der Waals surface area (Å²) in [6.45, 7) is 0.114. The van der Waals surface area contributed by atoms with Crippen LogP contribution in [0.3, 0.4) is 0 Å². The molecule has 0 aromatic carbocycles. The topological polar surface area (TPSA) is 108 Å². The first kappa shape index (κ1) is 14.2. The highest BCUT2D eigenvalue weighted by Crippen LogP contribution is 2.24. The zero-order chi connectivity index (χ0) is 14.5. The Kier molecular flexibility index (Phi) is 4.46. The number of aliphatic hydroxyl groups excluding tert-OH is 1. The summed E-state index contributed by atoms with van der Waals surface area (Å²) in [5.74, 6) is 1.67. The van der Waals surface area contributed by atoms with Crippen LogP contribution in [0.1, 0.15) is 12.1 Å². The number of hydrogen-bond donors (Lipinski definition) is 4. The molecule has 0 aliphatic carbocycles. The summed E-state index contributed by atoms with van der Waals surface area (Å²) in [6.07, 6.45) is 1.26. The van der Waals surface area contributed by atoms with E-state index in [0.29, 0.717) is 41.6 Å². The van der Waals surface area contributed by atoms with Gasteiger partial charge in [-0.2, -0.15) is 4.98 Å². The number of rotatable bonds is 6. The minimum absolute atomic E-state index is 0.114. The van der Waals surface area contributed by atoms with Gasteiger partial charge in [-0.25, -0.2) is 15.0 Å². The molecule has 0 atom stereocenters. The summed E-state index contributed by atoms with van der Waals surface area (Å²) in [6, 6.07) is 0. The van der Waals surface area contributed by atoms with Gasteiger partial charge in [0.25, 0.3) is 0 Å². The van der Waals surface area contributed by atoms with E-state index < -0.39 is 0 Å². The summed E-state index contributed by atoms with van der Waals surface area (Å²) in [5, 5.41) is 17.9. The minimum atomic E-state index is 0.114. The molecule has 8 heteroatoms. The first-order valence-corrected chi connectivity index (χ1v) is 6.46. The highest BCUT2D eigenvalue weighted by molar-refractivity contribution is 5.88. The van der Waals surface area contributed by atoms with Gasteiger partial charge in [0.1, 0.15) is 11.0 Å². The van der Waals surface area contributed by atoms with Crippen LogP contribution >= 0.6 is 0 Å². The maximum atomic E-state index is 9.01. The van der Waals surface area contributed by atoms with Gasteiger partial charge in [0.2, 0.25) is 11.9 Å². The van der Waals surface area contributed by atoms with Gasteiger partial charge in [-0.1, -0.05) is 0 Å². The molecular weight excluding hydrogens is 258 g/mol. The molecule has 4 N–H and O–H groups in total. The van der Waals surface area contributed by atoms with Crippen molar-refractivity contribution in [2.24, 2.45) is 0 Å². The Hall–Kier alpha value is -2.22. The lowest BCUT2D eigenvalue weighted by atomic mass is 10.2. The Labute approximate surface area is 117 Å². The molecular formula is C12H19N7O. The predicted octanol–water partition coefficient (Wildman–Crippen LogP) is 0.470. The van der Waals surface area contributed by atoms with Crippen molar-refractivity contribution in [3.63, 3.8) is 0 Å². The van der Waals surface area contributed by atoms with Crippen LogP contribution in [0, 0.1) is 0 Å². The smallest absolute Gasteiger partial charge is 0.225 e. The number of nitrogens with zero attached hydrogens (tertiary/aromatic N) is 4. The van der Waals surface area contributed by atoms with Gasteiger partial charge < -0.3 is 21.1 Å². The zero-order valence-electron chi connectivity index (χ0n) is 11.9. The van der Waals surface area contributed by atoms with Gasteiger partial charge in [0, 0.05) is 27.7 Å². The molecule has 0 amide bonds. The molecule has 0 radical (unpaired) electrons. The van der Waals surface area contributed by atoms with E-state index in [9.17, 15) is 0 Å². The molecule has 0 saturated carbocycles. The van der Waals surface area contributed by atoms with E-state index in [-0.39, 0.29) is 6.61 Å². The first-order valence-electron chi connectivity index (χ1n) is 6.46. The molecule has 8 nitrogen and oxygen atoms in total. The fourth-order valence-corrected chi connectivity index (χ4v) is 1.89. The maximum absolute atomic E-state index is 9.01. The Morgan fingerprint density at radius 3 is 2.10 bits per heavy atom. The summed E-state index contributed by atoms with van der Waals surface area (Å²) in [7, 11) is 5.31. The van der Waals surface area contributed by atoms with Crippen molar-refractivity contribution in [2.45, 2.75) is 12.8 Å². The van der Waals surface area contributed by atoms with Gasteiger partial charge in [-0.05, 0) is 12.8 Å². The lowest BCUT2D eigenvalue weighted by Gasteiger charge is -2.11. The molecule has 0 spiro atoms. The van der Waals surface area contributed by atoms with E-state index in [1.54, 1.807) is 21.1 Å². The number of aliphatic hydroxyl groups is 1. The van der Waals surface area contributed by atoms with Crippen molar-refractivity contribution < 1.29 is 5.11 Å². The SMILES string of the molecule is CNc1nc(NC)c2nc(NC)nc(CCCO)c2n1. The molecule has 2 aromatic rings. The molecule has 20 heavy (non-hydrogen) atoms. The molecule has 2 rings (SSSR count). The Bertz CT molecular complexity index is 602. The van der Waals surface area contributed by atoms with Crippen LogP contribution in [0.15, 0.2) is 0 Å². The van der Waals surface area contributed by atoms with Gasteiger partial charge in [0.15, 0.2) is 5.82 Å². The molecule has 2 heterocycles. The van der Waals surface area contributed by atoms with Crippen molar-refractivity contribution in [1.29, 1.82) is 0 Å². The Morgan fingerprint density at radius 1 is 0.850 bits per heavy atom. The van der Waals surface area contributed by atoms with Crippen LogP contribution in [0.2, 0.25) is 0 Å². The summed E-state index contributed by atoms with van der Waals surface area (Å²) < 4.78 is 0. The standard InChI is InChI=1S/C12H19N7O/c1-13-10-9-8(17-12(15-3)19-10)7(5-4-6-20)16-11(14-2)18-9/h20H,4-6H2,1-3H3,(H,14,16,18)(H2,13,15,17,19). The molecule has 0 bridgehead atoms. The number of nitrogens with one attached hydrogen (secondary N) is 3. The van der Waals surface area contributed by atoms with Crippen molar-refractivity contribution in [2.75, 3.05) is 43.7 Å². The van der Waals surface area contributed by atoms with Crippen LogP contribution in [0.5, 0.6) is 0 Å². The van der Waals surface area contributed by atoms with E-state index in [0.717, 1.165) is 5.69 Å². The third kappa shape index (κ3) is 2.69. The maximum Gasteiger partial charge on any atom is 0.225 e. The zero-order valence-corrected chi connectivity index (χ0v) is 11.9. The molecule has 0 fully saturated rings. The fourth-order valence-electron chi connectivity index (χ4n) is 1.89. The van der Waals surface area contributed by atoms with E-state index >= 15 is 0 Å². The lowest BCUT2D eigenvalue weighted by Crippen LogP contribution is -2.08. The molecule has 0 saturated heterocycles. The van der Waals surface area contributed by atoms with Crippen LogP contribution in [-0.4, -0.2) is 52.8 Å². The van der Waals surface area contributed by atoms with Gasteiger partial charge in [-0.15, -0.1) is 0 Å². The summed E-state index contributed by atoms with van der Waals surface area (Å²) >= 11 is 0. The van der Waals surface area contributed by atoms with Crippen LogP contribution in [-0.2, 0) is 6.42 Å². The van der Waals surface area contributed by atoms with Crippen LogP contribution in [0.25, 0.3) is 11.0 Å². The van der Waals surface area contributed by atoms with Crippen molar-refractivity contribution in [1.82, 2.24) is 19.9 Å². The second-order valence-corrected chi connectivity index (χ2v) is 4.16. The van der Waals surface area contributed by atoms with E-state index in [1.807, 2.05) is 0 Å². The molecule has 0 aliphatic rings. The Morgan fingerprint density at radius 2 is 1.50 bits per heavy atom. The highest BCUT2D eigenvalue weighted by atomic mass is 16.2. The van der Waals surface area contributed by atoms with E-state index in [2.05, 4.69) is 35.9 Å². The molecule has 108 valence electrons. The van der Waals surface area contributed by atoms with E-state index in [1.165, 1.54) is 0 Å². The summed E-state index contributed by atoms with van der Waals surface area (Å²) in [4.78, 5) is 17.6. The number of hydrogen-bond acceptors (Lipinski definition) is 8. The third-order valence-corrected chi connectivity index (χ3v) is 2.87. The largest absolute Gasteiger partial charge is 0.396 e. The number of aryl methyl sites for hydroxylation is 1. The highest BCUT2D eigenvalue weighted by Gasteiger charge is 2.14. The molecule has 0 aliphatic heterocycles. The summed E-state index contributed by atoms with van der Waals surface area (Å²) in [5.41, 5.74) is 2.16. The van der Waals surface area contributed by atoms with Crippen LogP contribution < -0.4 is 16.0 Å². The quantitative estimate of drug-likeness (QED) is 0.603. The van der Waals surface area contributed by atoms with Crippen LogP contribution in [0.4, 0.5) is 17.7 Å². The normalized spacial score (nSPS) is 10.6. The second-order valence-electron chi connectivity index (χ2n) is 4.16. The van der Waals surface area contributed by atoms with Crippen molar-refractivity contribution in [3.05, 3.63) is 5.69 Å². The number of aromatic nitrogens is 4. The predicted molar refractivity (Wildman–Crippen MR) is 79.2 cm³/mol. The lowest BCUT2D eigenvalue weighted by molar-refractivity contribution is 0.288.